The van der Waals surface area contributed by atoms with Gasteiger partial charge in [0.1, 0.15) is 5.78 Å². The molecule has 2 rings (SSSR count). The van der Waals surface area contributed by atoms with E-state index in [1.54, 1.807) is 0 Å². The van der Waals surface area contributed by atoms with Gasteiger partial charge in [-0.05, 0) is 49.9 Å². The highest BCUT2D eigenvalue weighted by Crippen LogP contribution is 2.42. The molecule has 22 heavy (non-hydrogen) atoms. The molecule has 2 fully saturated rings. The summed E-state index contributed by atoms with van der Waals surface area (Å²) < 4.78 is 0. The van der Waals surface area contributed by atoms with E-state index >= 15 is 0 Å². The first kappa shape index (κ1) is 18.0. The van der Waals surface area contributed by atoms with Crippen molar-refractivity contribution in [2.75, 3.05) is 0 Å². The molecule has 2 saturated carbocycles. The zero-order valence-electron chi connectivity index (χ0n) is 15.1. The van der Waals surface area contributed by atoms with Crippen molar-refractivity contribution in [1.82, 2.24) is 0 Å². The second-order valence-electron chi connectivity index (χ2n) is 8.12. The molecule has 1 nitrogen and oxygen atoms in total. The Kier molecular flexibility index (Phi) is 7.97. The summed E-state index contributed by atoms with van der Waals surface area (Å²) >= 11 is 0. The second kappa shape index (κ2) is 9.73. The van der Waals surface area contributed by atoms with E-state index in [1.165, 1.54) is 77.0 Å². The minimum absolute atomic E-state index is 0.418. The van der Waals surface area contributed by atoms with Crippen LogP contribution in [-0.4, -0.2) is 5.78 Å². The quantitative estimate of drug-likeness (QED) is 0.465. The van der Waals surface area contributed by atoms with Crippen molar-refractivity contribution in [3.05, 3.63) is 0 Å². The van der Waals surface area contributed by atoms with E-state index < -0.39 is 0 Å². The molecule has 2 aliphatic carbocycles. The Labute approximate surface area is 138 Å². The summed E-state index contributed by atoms with van der Waals surface area (Å²) in [6.45, 7) is 4.53. The van der Waals surface area contributed by atoms with Gasteiger partial charge in [-0.1, -0.05) is 65.2 Å². The highest BCUT2D eigenvalue weighted by molar-refractivity contribution is 5.81. The van der Waals surface area contributed by atoms with Crippen LogP contribution < -0.4 is 0 Å². The lowest BCUT2D eigenvalue weighted by Crippen LogP contribution is -2.31. The third-order valence-corrected chi connectivity index (χ3v) is 6.48. The highest BCUT2D eigenvalue weighted by Gasteiger charge is 2.34. The van der Waals surface area contributed by atoms with E-state index in [1.807, 2.05) is 0 Å². The van der Waals surface area contributed by atoms with Crippen LogP contribution in [0.1, 0.15) is 104 Å². The SMILES string of the molecule is CCCCC[C@H]1CC[C@H](C2CCC(CCCC)C(=O)C2)CC1. The van der Waals surface area contributed by atoms with Gasteiger partial charge in [-0.3, -0.25) is 4.79 Å². The fraction of sp³-hybridized carbons (Fsp3) is 0.952. The van der Waals surface area contributed by atoms with Gasteiger partial charge >= 0.3 is 0 Å². The maximum atomic E-state index is 12.4. The Morgan fingerprint density at radius 1 is 0.773 bits per heavy atom. The lowest BCUT2D eigenvalue weighted by atomic mass is 9.68. The zero-order valence-corrected chi connectivity index (χ0v) is 15.1. The summed E-state index contributed by atoms with van der Waals surface area (Å²) in [7, 11) is 0. The largest absolute Gasteiger partial charge is 0.299 e. The van der Waals surface area contributed by atoms with E-state index in [9.17, 15) is 4.79 Å². The summed E-state index contributed by atoms with van der Waals surface area (Å²) in [5.74, 6) is 3.64. The Bertz CT molecular complexity index is 314. The number of hydrogen-bond donors (Lipinski definition) is 0. The molecule has 0 aromatic carbocycles. The maximum absolute atomic E-state index is 12.4. The number of rotatable bonds is 8. The van der Waals surface area contributed by atoms with Gasteiger partial charge in [-0.25, -0.2) is 0 Å². The molecule has 0 heterocycles. The van der Waals surface area contributed by atoms with Crippen LogP contribution in [0.5, 0.6) is 0 Å². The molecule has 2 atom stereocenters. The molecule has 0 N–H and O–H groups in total. The Hall–Kier alpha value is -0.330. The summed E-state index contributed by atoms with van der Waals surface area (Å²) in [5.41, 5.74) is 0. The Morgan fingerprint density at radius 2 is 1.45 bits per heavy atom. The standard InChI is InChI=1S/C21H38O/c1-3-5-7-8-17-10-12-18(13-11-17)20-15-14-19(9-6-4-2)21(22)16-20/h17-20H,3-16H2,1-2H3/t17-,18-,19?,20?. The molecule has 0 aromatic rings. The van der Waals surface area contributed by atoms with E-state index in [-0.39, 0.29) is 0 Å². The van der Waals surface area contributed by atoms with Crippen LogP contribution >= 0.6 is 0 Å². The molecule has 0 aromatic heterocycles. The van der Waals surface area contributed by atoms with Crippen LogP contribution in [0.4, 0.5) is 0 Å². The van der Waals surface area contributed by atoms with Crippen LogP contribution in [0.2, 0.25) is 0 Å². The Morgan fingerprint density at radius 3 is 2.09 bits per heavy atom. The third kappa shape index (κ3) is 5.39. The van der Waals surface area contributed by atoms with E-state index in [0.717, 1.165) is 30.6 Å². The van der Waals surface area contributed by atoms with E-state index in [4.69, 9.17) is 0 Å². The van der Waals surface area contributed by atoms with Crippen LogP contribution in [0.15, 0.2) is 0 Å². The molecule has 0 bridgehead atoms. The van der Waals surface area contributed by atoms with E-state index in [0.29, 0.717) is 11.7 Å². The first-order valence-electron chi connectivity index (χ1n) is 10.3. The Balaban J connectivity index is 1.68. The third-order valence-electron chi connectivity index (χ3n) is 6.48. The molecule has 128 valence electrons. The summed E-state index contributed by atoms with van der Waals surface area (Å²) in [4.78, 5) is 12.4. The van der Waals surface area contributed by atoms with Crippen molar-refractivity contribution in [3.8, 4) is 0 Å². The minimum Gasteiger partial charge on any atom is -0.299 e. The van der Waals surface area contributed by atoms with Gasteiger partial charge in [-0.2, -0.15) is 0 Å². The van der Waals surface area contributed by atoms with Crippen molar-refractivity contribution < 1.29 is 4.79 Å². The number of ketones is 1. The van der Waals surface area contributed by atoms with Crippen LogP contribution in [0, 0.1) is 23.7 Å². The molecular formula is C21H38O. The van der Waals surface area contributed by atoms with Crippen molar-refractivity contribution in [2.24, 2.45) is 23.7 Å². The molecule has 2 aliphatic rings. The van der Waals surface area contributed by atoms with Crippen molar-refractivity contribution in [3.63, 3.8) is 0 Å². The summed E-state index contributed by atoms with van der Waals surface area (Å²) in [5, 5.41) is 0. The fourth-order valence-electron chi connectivity index (χ4n) is 4.89. The first-order valence-corrected chi connectivity index (χ1v) is 10.3. The molecule has 1 heteroatoms. The minimum atomic E-state index is 0.418. The molecular weight excluding hydrogens is 268 g/mol. The van der Waals surface area contributed by atoms with Gasteiger partial charge in [0.15, 0.2) is 0 Å². The number of hydrogen-bond acceptors (Lipinski definition) is 1. The predicted molar refractivity (Wildman–Crippen MR) is 95.0 cm³/mol. The first-order chi connectivity index (χ1) is 10.7. The van der Waals surface area contributed by atoms with Crippen molar-refractivity contribution in [2.45, 2.75) is 104 Å². The lowest BCUT2D eigenvalue weighted by Gasteiger charge is -2.37. The monoisotopic (exact) mass is 306 g/mol. The lowest BCUT2D eigenvalue weighted by molar-refractivity contribution is -0.127. The molecule has 0 aliphatic heterocycles. The smallest absolute Gasteiger partial charge is 0.136 e. The van der Waals surface area contributed by atoms with Gasteiger partial charge in [0, 0.05) is 12.3 Å². The molecule has 0 radical (unpaired) electrons. The summed E-state index contributed by atoms with van der Waals surface area (Å²) in [6.07, 6.45) is 18.4. The van der Waals surface area contributed by atoms with Crippen LogP contribution in [0.3, 0.4) is 0 Å². The number of carbonyl (C=O) groups excluding carboxylic acids is 1. The molecule has 2 unspecified atom stereocenters. The zero-order chi connectivity index (χ0) is 15.8. The molecule has 0 spiro atoms. The molecule has 0 saturated heterocycles. The van der Waals surface area contributed by atoms with Crippen molar-refractivity contribution in [1.29, 1.82) is 0 Å². The van der Waals surface area contributed by atoms with Gasteiger partial charge in [0.25, 0.3) is 0 Å². The highest BCUT2D eigenvalue weighted by atomic mass is 16.1. The maximum Gasteiger partial charge on any atom is 0.136 e. The van der Waals surface area contributed by atoms with E-state index in [2.05, 4.69) is 13.8 Å². The predicted octanol–water partition coefficient (Wildman–Crippen LogP) is 6.55. The van der Waals surface area contributed by atoms with Gasteiger partial charge in [0.2, 0.25) is 0 Å². The number of Topliss-reactive ketones (excluding diaryl/α,β-unsaturated/α-hetero) is 1. The van der Waals surface area contributed by atoms with Gasteiger partial charge in [-0.15, -0.1) is 0 Å². The fourth-order valence-corrected chi connectivity index (χ4v) is 4.89. The number of unbranched alkanes of at least 4 members (excludes halogenated alkanes) is 3. The normalized spacial score (nSPS) is 33.1. The van der Waals surface area contributed by atoms with Crippen LogP contribution in [-0.2, 0) is 4.79 Å². The number of carbonyl (C=O) groups is 1. The summed E-state index contributed by atoms with van der Waals surface area (Å²) in [6, 6.07) is 0. The average molecular weight is 307 g/mol. The van der Waals surface area contributed by atoms with Gasteiger partial charge < -0.3 is 0 Å². The van der Waals surface area contributed by atoms with Crippen molar-refractivity contribution >= 4 is 5.78 Å². The second-order valence-corrected chi connectivity index (χ2v) is 8.12. The topological polar surface area (TPSA) is 17.1 Å². The molecule has 0 amide bonds. The average Bonchev–Trinajstić information content (AvgIpc) is 2.54. The van der Waals surface area contributed by atoms with Crippen LogP contribution in [0.25, 0.3) is 0 Å². The van der Waals surface area contributed by atoms with Gasteiger partial charge in [0.05, 0.1) is 0 Å².